The molecule has 0 radical (unpaired) electrons. The number of amides is 1. The summed E-state index contributed by atoms with van der Waals surface area (Å²) < 4.78 is 5.42. The number of nitrogens with one attached hydrogen (secondary N) is 2. The first-order valence-corrected chi connectivity index (χ1v) is 7.86. The lowest BCUT2D eigenvalue weighted by Gasteiger charge is -2.34. The quantitative estimate of drug-likeness (QED) is 0.858. The number of pyridine rings is 1. The topological polar surface area (TPSA) is 94.0 Å². The van der Waals surface area contributed by atoms with E-state index in [2.05, 4.69) is 20.2 Å². The zero-order chi connectivity index (χ0) is 16.8. The predicted octanol–water partition coefficient (Wildman–Crippen LogP) is 1.08. The molecule has 1 aliphatic rings. The Labute approximate surface area is 140 Å². The Morgan fingerprint density at radius 2 is 2.33 bits per heavy atom. The van der Waals surface area contributed by atoms with Gasteiger partial charge in [-0.05, 0) is 17.7 Å². The van der Waals surface area contributed by atoms with Gasteiger partial charge in [-0.15, -0.1) is 0 Å². The maximum atomic E-state index is 12.3. The number of carbonyl (C=O) groups excluding carboxylic acids is 1. The lowest BCUT2D eigenvalue weighted by Crippen LogP contribution is -2.43. The van der Waals surface area contributed by atoms with Crippen LogP contribution >= 0.6 is 0 Å². The second-order valence-electron chi connectivity index (χ2n) is 5.57. The van der Waals surface area contributed by atoms with Crippen molar-refractivity contribution in [3.05, 3.63) is 53.6 Å². The monoisotopic (exact) mass is 325 g/mol. The lowest BCUT2D eigenvalue weighted by molar-refractivity contribution is 0.0161. The fourth-order valence-electron chi connectivity index (χ4n) is 2.79. The third-order valence-electron chi connectivity index (χ3n) is 4.07. The van der Waals surface area contributed by atoms with Gasteiger partial charge in [0.2, 0.25) is 0 Å². The first-order valence-electron chi connectivity index (χ1n) is 7.86. The van der Waals surface area contributed by atoms with Crippen molar-refractivity contribution >= 4 is 5.91 Å². The number of hydrogen-bond acceptors (Lipinski definition) is 5. The molecule has 24 heavy (non-hydrogen) atoms. The zero-order valence-corrected chi connectivity index (χ0v) is 13.2. The van der Waals surface area contributed by atoms with Gasteiger partial charge in [0.15, 0.2) is 0 Å². The molecule has 3 heterocycles. The number of nitriles is 1. The molecular weight excluding hydrogens is 306 g/mol. The van der Waals surface area contributed by atoms with Gasteiger partial charge in [0, 0.05) is 38.2 Å². The summed E-state index contributed by atoms with van der Waals surface area (Å²) in [5.74, 6) is -0.223. The van der Waals surface area contributed by atoms with Crippen molar-refractivity contribution in [1.82, 2.24) is 20.2 Å². The minimum absolute atomic E-state index is 0.0388. The van der Waals surface area contributed by atoms with Gasteiger partial charge in [-0.3, -0.25) is 14.7 Å². The maximum Gasteiger partial charge on any atom is 0.267 e. The Morgan fingerprint density at radius 1 is 1.50 bits per heavy atom. The molecule has 1 aliphatic heterocycles. The van der Waals surface area contributed by atoms with E-state index in [1.165, 1.54) is 6.20 Å². The van der Waals surface area contributed by atoms with Crippen LogP contribution in [-0.2, 0) is 4.74 Å². The molecule has 0 unspecified atom stereocenters. The Morgan fingerprint density at radius 3 is 3.00 bits per heavy atom. The van der Waals surface area contributed by atoms with Crippen LogP contribution in [0.25, 0.3) is 0 Å². The van der Waals surface area contributed by atoms with E-state index in [0.29, 0.717) is 31.0 Å². The average Bonchev–Trinajstić information content (AvgIpc) is 3.13. The summed E-state index contributed by atoms with van der Waals surface area (Å²) in [6.45, 7) is 3.47. The number of aromatic nitrogens is 2. The highest BCUT2D eigenvalue weighted by molar-refractivity contribution is 5.92. The minimum Gasteiger partial charge on any atom is -0.379 e. The number of hydrogen-bond donors (Lipinski definition) is 2. The summed E-state index contributed by atoms with van der Waals surface area (Å²) in [6.07, 6.45) is 5.09. The van der Waals surface area contributed by atoms with Crippen molar-refractivity contribution in [1.29, 1.82) is 5.26 Å². The fourth-order valence-corrected chi connectivity index (χ4v) is 2.79. The molecule has 1 atom stereocenters. The van der Waals surface area contributed by atoms with Crippen LogP contribution in [0.3, 0.4) is 0 Å². The molecule has 2 aromatic heterocycles. The van der Waals surface area contributed by atoms with Crippen molar-refractivity contribution in [2.45, 2.75) is 6.04 Å². The van der Waals surface area contributed by atoms with Crippen LogP contribution in [0.4, 0.5) is 0 Å². The highest BCUT2D eigenvalue weighted by atomic mass is 16.5. The second-order valence-corrected chi connectivity index (χ2v) is 5.57. The molecule has 7 heteroatoms. The molecule has 1 fully saturated rings. The van der Waals surface area contributed by atoms with Gasteiger partial charge in [0.1, 0.15) is 11.8 Å². The normalized spacial score (nSPS) is 16.3. The fraction of sp³-hybridized carbons (Fsp3) is 0.353. The summed E-state index contributed by atoms with van der Waals surface area (Å²) in [7, 11) is 0. The van der Waals surface area contributed by atoms with Crippen molar-refractivity contribution in [3.8, 4) is 6.07 Å². The number of morpholine rings is 1. The van der Waals surface area contributed by atoms with Crippen molar-refractivity contribution < 1.29 is 9.53 Å². The minimum atomic E-state index is -0.223. The Kier molecular flexibility index (Phi) is 5.21. The van der Waals surface area contributed by atoms with Gasteiger partial charge in [0.05, 0.1) is 24.8 Å². The van der Waals surface area contributed by atoms with Gasteiger partial charge in [-0.25, -0.2) is 0 Å². The molecule has 1 amide bonds. The van der Waals surface area contributed by atoms with E-state index in [4.69, 9.17) is 10.00 Å². The van der Waals surface area contributed by atoms with E-state index in [1.54, 1.807) is 12.3 Å². The summed E-state index contributed by atoms with van der Waals surface area (Å²) in [6, 6.07) is 7.50. The van der Waals surface area contributed by atoms with Crippen LogP contribution in [-0.4, -0.2) is 53.6 Å². The van der Waals surface area contributed by atoms with Gasteiger partial charge in [-0.2, -0.15) is 5.26 Å². The Balaban J connectivity index is 1.69. The molecule has 0 aliphatic carbocycles. The maximum absolute atomic E-state index is 12.3. The third kappa shape index (κ3) is 3.79. The molecular formula is C17H19N5O2. The molecule has 0 aromatic carbocycles. The third-order valence-corrected chi connectivity index (χ3v) is 4.07. The average molecular weight is 325 g/mol. The van der Waals surface area contributed by atoms with Crippen LogP contribution in [0.2, 0.25) is 0 Å². The number of rotatable bonds is 5. The van der Waals surface area contributed by atoms with Crippen molar-refractivity contribution in [2.75, 3.05) is 32.8 Å². The molecule has 2 aromatic rings. The number of carbonyl (C=O) groups is 1. The summed E-state index contributed by atoms with van der Waals surface area (Å²) in [5, 5.41) is 11.8. The lowest BCUT2D eigenvalue weighted by atomic mass is 10.1. The number of aromatic amines is 1. The first kappa shape index (κ1) is 16.2. The molecule has 3 rings (SSSR count). The highest BCUT2D eigenvalue weighted by Crippen LogP contribution is 2.20. The molecule has 124 valence electrons. The Bertz CT molecular complexity index is 716. The first-order chi connectivity index (χ1) is 11.8. The van der Waals surface area contributed by atoms with Crippen LogP contribution in [0, 0.1) is 11.3 Å². The van der Waals surface area contributed by atoms with E-state index < -0.39 is 0 Å². The van der Waals surface area contributed by atoms with Crippen LogP contribution in [0.1, 0.15) is 27.7 Å². The number of nitrogens with zero attached hydrogens (tertiary/aromatic N) is 3. The summed E-state index contributed by atoms with van der Waals surface area (Å²) in [4.78, 5) is 21.6. The smallest absolute Gasteiger partial charge is 0.267 e. The van der Waals surface area contributed by atoms with E-state index in [1.807, 2.05) is 24.4 Å². The second kappa shape index (κ2) is 7.73. The van der Waals surface area contributed by atoms with Gasteiger partial charge < -0.3 is 15.0 Å². The van der Waals surface area contributed by atoms with Crippen LogP contribution in [0.5, 0.6) is 0 Å². The van der Waals surface area contributed by atoms with E-state index >= 15 is 0 Å². The van der Waals surface area contributed by atoms with Gasteiger partial charge >= 0.3 is 0 Å². The van der Waals surface area contributed by atoms with Gasteiger partial charge in [0.25, 0.3) is 5.91 Å². The molecule has 0 saturated carbocycles. The van der Waals surface area contributed by atoms with E-state index in [0.717, 1.165) is 18.7 Å². The molecule has 0 spiro atoms. The molecule has 7 nitrogen and oxygen atoms in total. The van der Waals surface area contributed by atoms with E-state index in [-0.39, 0.29) is 11.9 Å². The Hall–Kier alpha value is -2.69. The molecule has 0 bridgehead atoms. The summed E-state index contributed by atoms with van der Waals surface area (Å²) in [5.41, 5.74) is 1.89. The number of H-pyrrole nitrogens is 1. The van der Waals surface area contributed by atoms with Crippen LogP contribution in [0.15, 0.2) is 36.8 Å². The van der Waals surface area contributed by atoms with Crippen molar-refractivity contribution in [3.63, 3.8) is 0 Å². The van der Waals surface area contributed by atoms with Crippen LogP contribution < -0.4 is 5.32 Å². The predicted molar refractivity (Wildman–Crippen MR) is 87.2 cm³/mol. The van der Waals surface area contributed by atoms with E-state index in [9.17, 15) is 4.79 Å². The standard InChI is InChI=1S/C17H19N5O2/c18-9-13-8-15(20-10-13)17(23)21-12-16(14-2-1-3-19-11-14)22-4-6-24-7-5-22/h1-3,8,10-11,16,20H,4-7,12H2,(H,21,23)/t16-/m1/s1. The molecule has 1 saturated heterocycles. The highest BCUT2D eigenvalue weighted by Gasteiger charge is 2.23. The number of ether oxygens (including phenoxy) is 1. The largest absolute Gasteiger partial charge is 0.379 e. The zero-order valence-electron chi connectivity index (χ0n) is 13.2. The van der Waals surface area contributed by atoms with Crippen molar-refractivity contribution in [2.24, 2.45) is 0 Å². The SMILES string of the molecule is N#Cc1c[nH]c(C(=O)NC[C@H](c2cccnc2)N2CCOCC2)c1. The molecule has 2 N–H and O–H groups in total. The van der Waals surface area contributed by atoms with Gasteiger partial charge in [-0.1, -0.05) is 6.07 Å². The summed E-state index contributed by atoms with van der Waals surface area (Å²) >= 11 is 0.